The van der Waals surface area contributed by atoms with Gasteiger partial charge in [0.1, 0.15) is 5.75 Å². The molecule has 0 radical (unpaired) electrons. The fourth-order valence-corrected chi connectivity index (χ4v) is 2.78. The highest BCUT2D eigenvalue weighted by Gasteiger charge is 2.26. The summed E-state index contributed by atoms with van der Waals surface area (Å²) in [5.41, 5.74) is 0. The Morgan fingerprint density at radius 2 is 2.29 bits per heavy atom. The summed E-state index contributed by atoms with van der Waals surface area (Å²) in [5, 5.41) is 10.6. The van der Waals surface area contributed by atoms with Crippen molar-refractivity contribution in [1.82, 2.24) is 4.90 Å². The zero-order chi connectivity index (χ0) is 15.4. The van der Waals surface area contributed by atoms with E-state index < -0.39 is 6.10 Å². The van der Waals surface area contributed by atoms with Crippen molar-refractivity contribution in [3.05, 3.63) is 28.2 Å². The number of hydrogen-bond acceptors (Lipinski definition) is 3. The van der Waals surface area contributed by atoms with Crippen LogP contribution in [0.1, 0.15) is 19.8 Å². The number of likely N-dealkylation sites (tertiary alicyclic amines) is 1. The molecular formula is C15H19Cl2NO3. The number of ether oxygens (including phenoxy) is 1. The molecule has 1 aliphatic heterocycles. The predicted octanol–water partition coefficient (Wildman–Crippen LogP) is 2.99. The number of halogens is 2. The summed E-state index contributed by atoms with van der Waals surface area (Å²) in [7, 11) is 0. The molecule has 1 amide bonds. The molecule has 4 nitrogen and oxygen atoms in total. The summed E-state index contributed by atoms with van der Waals surface area (Å²) in [6.07, 6.45) is 1.45. The van der Waals surface area contributed by atoms with Crippen LogP contribution < -0.4 is 4.74 Å². The van der Waals surface area contributed by atoms with Crippen molar-refractivity contribution in [3.8, 4) is 5.75 Å². The monoisotopic (exact) mass is 331 g/mol. The van der Waals surface area contributed by atoms with Crippen LogP contribution in [0.5, 0.6) is 5.75 Å². The minimum atomic E-state index is -0.399. The van der Waals surface area contributed by atoms with Gasteiger partial charge in [-0.15, -0.1) is 0 Å². The van der Waals surface area contributed by atoms with E-state index in [-0.39, 0.29) is 18.4 Å². The molecule has 1 aromatic carbocycles. The number of nitrogens with zero attached hydrogens (tertiary/aromatic N) is 1. The van der Waals surface area contributed by atoms with Gasteiger partial charge in [0, 0.05) is 30.1 Å². The normalized spacial score (nSPS) is 20.2. The van der Waals surface area contributed by atoms with E-state index >= 15 is 0 Å². The molecule has 0 spiro atoms. The zero-order valence-electron chi connectivity index (χ0n) is 11.9. The van der Waals surface area contributed by atoms with Crippen LogP contribution in [0, 0.1) is 5.92 Å². The van der Waals surface area contributed by atoms with Gasteiger partial charge < -0.3 is 14.7 Å². The van der Waals surface area contributed by atoms with E-state index in [1.165, 1.54) is 0 Å². The lowest BCUT2D eigenvalue weighted by Gasteiger charge is -2.34. The molecule has 2 rings (SSSR count). The van der Waals surface area contributed by atoms with E-state index in [1.807, 2.05) is 0 Å². The topological polar surface area (TPSA) is 49.8 Å². The Balaban J connectivity index is 1.91. The molecule has 116 valence electrons. The van der Waals surface area contributed by atoms with Gasteiger partial charge in [-0.2, -0.15) is 0 Å². The van der Waals surface area contributed by atoms with Gasteiger partial charge in [0.15, 0.2) is 6.61 Å². The van der Waals surface area contributed by atoms with Crippen molar-refractivity contribution in [3.63, 3.8) is 0 Å². The second-order valence-electron chi connectivity index (χ2n) is 5.35. The first-order valence-corrected chi connectivity index (χ1v) is 7.76. The van der Waals surface area contributed by atoms with Gasteiger partial charge in [0.2, 0.25) is 0 Å². The first-order valence-electron chi connectivity index (χ1n) is 7.01. The van der Waals surface area contributed by atoms with Gasteiger partial charge in [-0.3, -0.25) is 4.79 Å². The number of carbonyl (C=O) groups is 1. The molecule has 2 atom stereocenters. The molecule has 0 aliphatic carbocycles. The van der Waals surface area contributed by atoms with Crippen LogP contribution in [-0.2, 0) is 4.79 Å². The third-order valence-corrected chi connectivity index (χ3v) is 4.28. The second kappa shape index (κ2) is 7.34. The van der Waals surface area contributed by atoms with E-state index in [9.17, 15) is 9.90 Å². The molecule has 21 heavy (non-hydrogen) atoms. The fourth-order valence-electron chi connectivity index (χ4n) is 2.45. The van der Waals surface area contributed by atoms with E-state index in [2.05, 4.69) is 0 Å². The molecule has 1 N–H and O–H groups in total. The van der Waals surface area contributed by atoms with E-state index in [1.54, 1.807) is 30.0 Å². The van der Waals surface area contributed by atoms with Crippen LogP contribution in [-0.4, -0.2) is 41.7 Å². The third kappa shape index (κ3) is 4.50. The van der Waals surface area contributed by atoms with Crippen LogP contribution >= 0.6 is 23.2 Å². The Bertz CT molecular complexity index is 508. The Morgan fingerprint density at radius 3 is 3.00 bits per heavy atom. The standard InChI is InChI=1S/C15H19Cl2NO3/c1-10(19)11-3-2-6-18(8-11)15(20)9-21-14-7-12(16)4-5-13(14)17/h4-5,7,10-11,19H,2-3,6,8-9H2,1H3. The second-order valence-corrected chi connectivity index (χ2v) is 6.19. The predicted molar refractivity (Wildman–Crippen MR) is 82.9 cm³/mol. The summed E-state index contributed by atoms with van der Waals surface area (Å²) in [5.74, 6) is 0.440. The molecule has 2 unspecified atom stereocenters. The number of piperidine rings is 1. The summed E-state index contributed by atoms with van der Waals surface area (Å²) < 4.78 is 5.46. The lowest BCUT2D eigenvalue weighted by atomic mass is 9.93. The van der Waals surface area contributed by atoms with Gasteiger partial charge in [-0.25, -0.2) is 0 Å². The Labute approximate surface area is 134 Å². The summed E-state index contributed by atoms with van der Waals surface area (Å²) in [4.78, 5) is 13.9. The van der Waals surface area contributed by atoms with Gasteiger partial charge in [-0.1, -0.05) is 23.2 Å². The third-order valence-electron chi connectivity index (χ3n) is 3.74. The molecule has 0 aromatic heterocycles. The average molecular weight is 332 g/mol. The van der Waals surface area contributed by atoms with Gasteiger partial charge in [0.25, 0.3) is 5.91 Å². The number of aliphatic hydroxyl groups is 1. The smallest absolute Gasteiger partial charge is 0.260 e. The number of benzene rings is 1. The van der Waals surface area contributed by atoms with Crippen molar-refractivity contribution in [2.24, 2.45) is 5.92 Å². The minimum absolute atomic E-state index is 0.0768. The van der Waals surface area contributed by atoms with E-state index in [0.29, 0.717) is 28.9 Å². The highest BCUT2D eigenvalue weighted by atomic mass is 35.5. The highest BCUT2D eigenvalue weighted by Crippen LogP contribution is 2.28. The van der Waals surface area contributed by atoms with Crippen molar-refractivity contribution >= 4 is 29.1 Å². The molecule has 1 saturated heterocycles. The molecule has 0 bridgehead atoms. The number of rotatable bonds is 4. The summed E-state index contributed by atoms with van der Waals surface area (Å²) in [6.45, 7) is 2.96. The number of carbonyl (C=O) groups excluding carboxylic acids is 1. The van der Waals surface area contributed by atoms with Crippen LogP contribution in [0.2, 0.25) is 10.0 Å². The Morgan fingerprint density at radius 1 is 1.52 bits per heavy atom. The molecule has 0 saturated carbocycles. The highest BCUT2D eigenvalue weighted by molar-refractivity contribution is 6.34. The lowest BCUT2D eigenvalue weighted by Crippen LogP contribution is -2.44. The Kier molecular flexibility index (Phi) is 5.73. The maximum absolute atomic E-state index is 12.2. The molecule has 1 heterocycles. The van der Waals surface area contributed by atoms with Crippen molar-refractivity contribution in [1.29, 1.82) is 0 Å². The molecule has 1 aliphatic rings. The quantitative estimate of drug-likeness (QED) is 0.922. The van der Waals surface area contributed by atoms with Gasteiger partial charge in [0.05, 0.1) is 11.1 Å². The van der Waals surface area contributed by atoms with E-state index in [4.69, 9.17) is 27.9 Å². The average Bonchev–Trinajstić information content (AvgIpc) is 2.48. The van der Waals surface area contributed by atoms with Crippen molar-refractivity contribution in [2.75, 3.05) is 19.7 Å². The van der Waals surface area contributed by atoms with Crippen molar-refractivity contribution < 1.29 is 14.6 Å². The van der Waals surface area contributed by atoms with Crippen LogP contribution in [0.4, 0.5) is 0 Å². The van der Waals surface area contributed by atoms with Gasteiger partial charge in [-0.05, 0) is 31.9 Å². The van der Waals surface area contributed by atoms with E-state index in [0.717, 1.165) is 12.8 Å². The zero-order valence-corrected chi connectivity index (χ0v) is 13.4. The molecular weight excluding hydrogens is 313 g/mol. The van der Waals surface area contributed by atoms with Crippen LogP contribution in [0.25, 0.3) is 0 Å². The maximum Gasteiger partial charge on any atom is 0.260 e. The first-order chi connectivity index (χ1) is 9.97. The minimum Gasteiger partial charge on any atom is -0.482 e. The maximum atomic E-state index is 12.2. The SMILES string of the molecule is CC(O)C1CCCN(C(=O)COc2cc(Cl)ccc2Cl)C1. The molecule has 1 fully saturated rings. The molecule has 6 heteroatoms. The van der Waals surface area contributed by atoms with Crippen LogP contribution in [0.3, 0.4) is 0 Å². The van der Waals surface area contributed by atoms with Crippen molar-refractivity contribution in [2.45, 2.75) is 25.9 Å². The lowest BCUT2D eigenvalue weighted by molar-refractivity contribution is -0.136. The number of hydrogen-bond donors (Lipinski definition) is 1. The fraction of sp³-hybridized carbons (Fsp3) is 0.533. The van der Waals surface area contributed by atoms with Gasteiger partial charge >= 0.3 is 0 Å². The Hall–Kier alpha value is -0.970. The summed E-state index contributed by atoms with van der Waals surface area (Å²) in [6, 6.07) is 4.89. The first kappa shape index (κ1) is 16.4. The van der Waals surface area contributed by atoms with Crippen LogP contribution in [0.15, 0.2) is 18.2 Å². The number of aliphatic hydroxyl groups excluding tert-OH is 1. The number of amides is 1. The summed E-state index contributed by atoms with van der Waals surface area (Å²) >= 11 is 11.9. The molecule has 1 aromatic rings. The largest absolute Gasteiger partial charge is 0.482 e.